The fourth-order valence-corrected chi connectivity index (χ4v) is 7.55. The van der Waals surface area contributed by atoms with Crippen LogP contribution < -0.4 is 4.90 Å². The van der Waals surface area contributed by atoms with Crippen LogP contribution in [0.4, 0.5) is 17.1 Å². The van der Waals surface area contributed by atoms with Crippen LogP contribution in [0.2, 0.25) is 0 Å². The largest absolute Gasteiger partial charge is 0.454 e. The molecule has 0 aliphatic rings. The standard InChI is InChI=1S/C44H28N2O/c1-3-15-31(16-4-1)45(39-24-11-21-36-41-33-19-9-7-13-29(33)26-28-40(41)47-44(36)39)37-22-12-23-38-42(37)35-27-25-30-14-8-10-20-34(30)43(35)46(38)32-17-5-2-6-18-32/h1-28H. The summed E-state index contributed by atoms with van der Waals surface area (Å²) in [5.41, 5.74) is 8.44. The lowest BCUT2D eigenvalue weighted by Gasteiger charge is -2.26. The third-order valence-electron chi connectivity index (χ3n) is 9.53. The fraction of sp³-hybridized carbons (Fsp3) is 0. The summed E-state index contributed by atoms with van der Waals surface area (Å²) < 4.78 is 9.22. The van der Waals surface area contributed by atoms with Gasteiger partial charge < -0.3 is 13.9 Å². The lowest BCUT2D eigenvalue weighted by molar-refractivity contribution is 0.669. The first-order valence-electron chi connectivity index (χ1n) is 16.0. The van der Waals surface area contributed by atoms with E-state index in [1.165, 1.54) is 37.8 Å². The van der Waals surface area contributed by atoms with Crippen LogP contribution in [0.25, 0.3) is 71.0 Å². The second kappa shape index (κ2) is 10.1. The molecule has 2 heterocycles. The monoisotopic (exact) mass is 600 g/mol. The SMILES string of the molecule is c1ccc(N(c2cccc3c2oc2ccc4ccccc4c23)c2cccc3c2c2ccc4ccccc4c2n3-c2ccccc2)cc1. The average molecular weight is 601 g/mol. The molecule has 0 spiro atoms. The molecule has 2 aromatic heterocycles. The Morgan fingerprint density at radius 2 is 1.06 bits per heavy atom. The number of furan rings is 1. The van der Waals surface area contributed by atoms with Gasteiger partial charge in [-0.1, -0.05) is 121 Å². The van der Waals surface area contributed by atoms with Gasteiger partial charge in [0.05, 0.1) is 22.4 Å². The van der Waals surface area contributed by atoms with Crippen LogP contribution in [-0.4, -0.2) is 4.57 Å². The molecule has 0 N–H and O–H groups in total. The van der Waals surface area contributed by atoms with Crippen molar-refractivity contribution in [3.8, 4) is 5.69 Å². The number of benzene rings is 8. The summed E-state index contributed by atoms with van der Waals surface area (Å²) in [6.45, 7) is 0. The molecule has 3 heteroatoms. The van der Waals surface area contributed by atoms with E-state index in [1.807, 2.05) is 0 Å². The zero-order valence-corrected chi connectivity index (χ0v) is 25.5. The minimum Gasteiger partial charge on any atom is -0.454 e. The van der Waals surface area contributed by atoms with E-state index in [2.05, 4.69) is 179 Å². The molecule has 0 bridgehead atoms. The number of rotatable bonds is 4. The van der Waals surface area contributed by atoms with Crippen molar-refractivity contribution in [2.75, 3.05) is 4.90 Å². The third kappa shape index (κ3) is 3.81. The van der Waals surface area contributed by atoms with Gasteiger partial charge in [-0.15, -0.1) is 0 Å². The van der Waals surface area contributed by atoms with E-state index in [4.69, 9.17) is 4.42 Å². The van der Waals surface area contributed by atoms with E-state index in [1.54, 1.807) is 0 Å². The van der Waals surface area contributed by atoms with Crippen LogP contribution in [0.3, 0.4) is 0 Å². The average Bonchev–Trinajstić information content (AvgIpc) is 3.70. The molecule has 0 fully saturated rings. The summed E-state index contributed by atoms with van der Waals surface area (Å²) in [7, 11) is 0. The first kappa shape index (κ1) is 26.0. The topological polar surface area (TPSA) is 21.3 Å². The summed E-state index contributed by atoms with van der Waals surface area (Å²) >= 11 is 0. The molecule has 0 saturated carbocycles. The van der Waals surface area contributed by atoms with Crippen molar-refractivity contribution in [2.24, 2.45) is 0 Å². The molecule has 0 aliphatic carbocycles. The van der Waals surface area contributed by atoms with Gasteiger partial charge in [0, 0.05) is 38.3 Å². The van der Waals surface area contributed by atoms with E-state index < -0.39 is 0 Å². The Bertz CT molecular complexity index is 2790. The lowest BCUT2D eigenvalue weighted by Crippen LogP contribution is -2.10. The first-order chi connectivity index (χ1) is 23.3. The highest BCUT2D eigenvalue weighted by Crippen LogP contribution is 2.48. The number of hydrogen-bond donors (Lipinski definition) is 0. The molecule has 47 heavy (non-hydrogen) atoms. The summed E-state index contributed by atoms with van der Waals surface area (Å²) in [4.78, 5) is 2.37. The van der Waals surface area contributed by atoms with Gasteiger partial charge in [0.2, 0.25) is 0 Å². The molecule has 10 rings (SSSR count). The van der Waals surface area contributed by atoms with Gasteiger partial charge in [-0.2, -0.15) is 0 Å². The summed E-state index contributed by atoms with van der Waals surface area (Å²) in [6.07, 6.45) is 0. The number of para-hydroxylation sites is 3. The summed E-state index contributed by atoms with van der Waals surface area (Å²) in [5.74, 6) is 0. The van der Waals surface area contributed by atoms with E-state index in [-0.39, 0.29) is 0 Å². The highest BCUT2D eigenvalue weighted by Gasteiger charge is 2.25. The highest BCUT2D eigenvalue weighted by atomic mass is 16.3. The predicted molar refractivity (Wildman–Crippen MR) is 198 cm³/mol. The van der Waals surface area contributed by atoms with Crippen molar-refractivity contribution >= 4 is 82.4 Å². The van der Waals surface area contributed by atoms with Gasteiger partial charge >= 0.3 is 0 Å². The van der Waals surface area contributed by atoms with Crippen LogP contribution in [0.15, 0.2) is 174 Å². The van der Waals surface area contributed by atoms with Gasteiger partial charge in [-0.25, -0.2) is 0 Å². The minimum absolute atomic E-state index is 0.872. The molecule has 8 aromatic carbocycles. The lowest BCUT2D eigenvalue weighted by atomic mass is 10.0. The number of nitrogens with zero attached hydrogens (tertiary/aromatic N) is 2. The van der Waals surface area contributed by atoms with Crippen molar-refractivity contribution in [1.29, 1.82) is 0 Å². The molecule has 0 amide bonds. The van der Waals surface area contributed by atoms with Gasteiger partial charge in [0.15, 0.2) is 5.58 Å². The number of anilines is 3. The Hall–Kier alpha value is -6.32. The maximum atomic E-state index is 6.80. The Kier molecular flexibility index (Phi) is 5.57. The van der Waals surface area contributed by atoms with Crippen LogP contribution in [0.1, 0.15) is 0 Å². The van der Waals surface area contributed by atoms with Crippen LogP contribution in [-0.2, 0) is 0 Å². The Morgan fingerprint density at radius 3 is 1.89 bits per heavy atom. The fourth-order valence-electron chi connectivity index (χ4n) is 7.55. The van der Waals surface area contributed by atoms with Crippen LogP contribution in [0, 0.1) is 0 Å². The van der Waals surface area contributed by atoms with Gasteiger partial charge in [-0.3, -0.25) is 0 Å². The molecular formula is C44H28N2O. The van der Waals surface area contributed by atoms with E-state index in [9.17, 15) is 0 Å². The molecule has 10 aromatic rings. The summed E-state index contributed by atoms with van der Waals surface area (Å²) in [6, 6.07) is 60.6. The van der Waals surface area contributed by atoms with E-state index in [0.29, 0.717) is 0 Å². The van der Waals surface area contributed by atoms with E-state index >= 15 is 0 Å². The van der Waals surface area contributed by atoms with Crippen molar-refractivity contribution in [3.63, 3.8) is 0 Å². The van der Waals surface area contributed by atoms with Crippen molar-refractivity contribution in [2.45, 2.75) is 0 Å². The van der Waals surface area contributed by atoms with Crippen LogP contribution in [0.5, 0.6) is 0 Å². The molecular weight excluding hydrogens is 572 g/mol. The van der Waals surface area contributed by atoms with E-state index in [0.717, 1.165) is 50.2 Å². The molecule has 0 saturated heterocycles. The Morgan fingerprint density at radius 1 is 0.426 bits per heavy atom. The Balaban J connectivity index is 1.35. The predicted octanol–water partition coefficient (Wildman–Crippen LogP) is 12.5. The molecule has 0 radical (unpaired) electrons. The van der Waals surface area contributed by atoms with Crippen molar-refractivity contribution < 1.29 is 4.42 Å². The zero-order valence-electron chi connectivity index (χ0n) is 25.5. The van der Waals surface area contributed by atoms with Crippen molar-refractivity contribution in [3.05, 3.63) is 170 Å². The zero-order chi connectivity index (χ0) is 30.9. The Labute approximate surface area is 271 Å². The second-order valence-corrected chi connectivity index (χ2v) is 12.1. The quantitative estimate of drug-likeness (QED) is 0.200. The molecule has 0 atom stereocenters. The normalized spacial score (nSPS) is 11.8. The highest BCUT2D eigenvalue weighted by molar-refractivity contribution is 6.24. The van der Waals surface area contributed by atoms with Gasteiger partial charge in [-0.05, 0) is 64.7 Å². The molecule has 0 aliphatic heterocycles. The third-order valence-corrected chi connectivity index (χ3v) is 9.53. The maximum absolute atomic E-state index is 6.80. The van der Waals surface area contributed by atoms with Crippen molar-refractivity contribution in [1.82, 2.24) is 4.57 Å². The number of aromatic nitrogens is 1. The second-order valence-electron chi connectivity index (χ2n) is 12.1. The number of hydrogen-bond acceptors (Lipinski definition) is 2. The smallest absolute Gasteiger partial charge is 0.159 e. The molecule has 220 valence electrons. The summed E-state index contributed by atoms with van der Waals surface area (Å²) in [5, 5.41) is 9.53. The van der Waals surface area contributed by atoms with Crippen LogP contribution >= 0.6 is 0 Å². The maximum Gasteiger partial charge on any atom is 0.159 e. The van der Waals surface area contributed by atoms with Gasteiger partial charge in [0.1, 0.15) is 5.58 Å². The number of fused-ring (bicyclic) bond motifs is 10. The minimum atomic E-state index is 0.872. The molecule has 3 nitrogen and oxygen atoms in total. The first-order valence-corrected chi connectivity index (χ1v) is 16.0. The van der Waals surface area contributed by atoms with Gasteiger partial charge in [0.25, 0.3) is 0 Å². The molecule has 0 unspecified atom stereocenters.